The number of anilines is 1. The van der Waals surface area contributed by atoms with Crippen LogP contribution in [-0.2, 0) is 4.79 Å². The molecular weight excluding hydrogens is 230 g/mol. The molecule has 0 aliphatic rings. The van der Waals surface area contributed by atoms with Crippen molar-refractivity contribution in [2.45, 2.75) is 13.3 Å². The summed E-state index contributed by atoms with van der Waals surface area (Å²) >= 11 is 0. The molecule has 1 N–H and O–H groups in total. The van der Waals surface area contributed by atoms with Crippen LogP contribution in [0.25, 0.3) is 10.9 Å². The van der Waals surface area contributed by atoms with E-state index in [0.29, 0.717) is 12.4 Å². The molecule has 0 spiro atoms. The lowest BCUT2D eigenvalue weighted by Crippen LogP contribution is -2.31. The van der Waals surface area contributed by atoms with Crippen LogP contribution in [0.1, 0.15) is 13.3 Å². The van der Waals surface area contributed by atoms with Crippen LogP contribution >= 0.6 is 0 Å². The molecule has 1 aromatic heterocycles. The average Bonchev–Trinajstić information content (AvgIpc) is 2.37. The monoisotopic (exact) mass is 245 g/mol. The molecule has 0 atom stereocenters. The van der Waals surface area contributed by atoms with Crippen molar-refractivity contribution in [1.29, 1.82) is 0 Å². The highest BCUT2D eigenvalue weighted by Crippen LogP contribution is 2.22. The summed E-state index contributed by atoms with van der Waals surface area (Å²) < 4.78 is 0. The zero-order valence-corrected chi connectivity index (χ0v) is 10.2. The summed E-state index contributed by atoms with van der Waals surface area (Å²) in [5, 5.41) is 9.84. The summed E-state index contributed by atoms with van der Waals surface area (Å²) in [5.41, 5.74) is 0.828. The molecule has 0 saturated carbocycles. The Morgan fingerprint density at radius 1 is 1.33 bits per heavy atom. The smallest absolute Gasteiger partial charge is 0.323 e. The van der Waals surface area contributed by atoms with Crippen LogP contribution in [0.5, 0.6) is 0 Å². The van der Waals surface area contributed by atoms with E-state index in [-0.39, 0.29) is 6.54 Å². The van der Waals surface area contributed by atoms with Crippen LogP contribution in [0, 0.1) is 0 Å². The molecule has 5 nitrogen and oxygen atoms in total. The minimum absolute atomic E-state index is 0.0468. The number of aromatic nitrogens is 2. The van der Waals surface area contributed by atoms with Gasteiger partial charge in [0.1, 0.15) is 18.7 Å². The zero-order chi connectivity index (χ0) is 13.0. The van der Waals surface area contributed by atoms with Gasteiger partial charge in [-0.1, -0.05) is 19.1 Å². The molecule has 1 heterocycles. The number of carbonyl (C=O) groups is 1. The van der Waals surface area contributed by atoms with E-state index >= 15 is 0 Å². The lowest BCUT2D eigenvalue weighted by atomic mass is 10.2. The lowest BCUT2D eigenvalue weighted by Gasteiger charge is -2.22. The van der Waals surface area contributed by atoms with Gasteiger partial charge < -0.3 is 10.0 Å². The quantitative estimate of drug-likeness (QED) is 0.871. The molecule has 2 aromatic rings. The number of hydrogen-bond donors (Lipinski definition) is 1. The van der Waals surface area contributed by atoms with Crippen molar-refractivity contribution < 1.29 is 9.90 Å². The van der Waals surface area contributed by atoms with Gasteiger partial charge in [0.05, 0.1) is 5.52 Å². The number of aliphatic carboxylic acids is 1. The molecule has 94 valence electrons. The number of carboxylic acids is 1. The molecule has 0 aliphatic carbocycles. The highest BCUT2D eigenvalue weighted by molar-refractivity contribution is 5.90. The van der Waals surface area contributed by atoms with E-state index in [1.165, 1.54) is 6.33 Å². The van der Waals surface area contributed by atoms with E-state index in [9.17, 15) is 4.79 Å². The summed E-state index contributed by atoms with van der Waals surface area (Å²) in [6.45, 7) is 2.63. The number of rotatable bonds is 5. The van der Waals surface area contributed by atoms with Crippen molar-refractivity contribution in [3.63, 3.8) is 0 Å². The van der Waals surface area contributed by atoms with Crippen molar-refractivity contribution in [3.05, 3.63) is 30.6 Å². The number of fused-ring (bicyclic) bond motifs is 1. The third-order valence-corrected chi connectivity index (χ3v) is 2.64. The fourth-order valence-corrected chi connectivity index (χ4v) is 1.94. The lowest BCUT2D eigenvalue weighted by molar-refractivity contribution is -0.135. The van der Waals surface area contributed by atoms with Crippen LogP contribution in [0.3, 0.4) is 0 Å². The Labute approximate surface area is 105 Å². The van der Waals surface area contributed by atoms with Crippen molar-refractivity contribution in [3.8, 4) is 0 Å². The summed E-state index contributed by atoms with van der Waals surface area (Å²) in [5.74, 6) is -0.170. The first-order valence-electron chi connectivity index (χ1n) is 5.89. The number of carboxylic acid groups (broad SMARTS) is 1. The Kier molecular flexibility index (Phi) is 3.72. The van der Waals surface area contributed by atoms with Crippen molar-refractivity contribution >= 4 is 22.7 Å². The van der Waals surface area contributed by atoms with Crippen LogP contribution in [0.4, 0.5) is 5.82 Å². The second kappa shape index (κ2) is 5.44. The van der Waals surface area contributed by atoms with Gasteiger partial charge in [0, 0.05) is 11.9 Å². The highest BCUT2D eigenvalue weighted by Gasteiger charge is 2.14. The van der Waals surface area contributed by atoms with Crippen molar-refractivity contribution in [1.82, 2.24) is 9.97 Å². The Morgan fingerprint density at radius 3 is 2.83 bits per heavy atom. The average molecular weight is 245 g/mol. The summed E-state index contributed by atoms with van der Waals surface area (Å²) in [4.78, 5) is 21.1. The van der Waals surface area contributed by atoms with E-state index in [4.69, 9.17) is 5.11 Å². The van der Waals surface area contributed by atoms with Gasteiger partial charge in [-0.2, -0.15) is 0 Å². The van der Waals surface area contributed by atoms with E-state index in [1.807, 2.05) is 31.2 Å². The molecule has 5 heteroatoms. The number of para-hydroxylation sites is 1. The Hall–Kier alpha value is -2.17. The molecule has 0 radical (unpaired) electrons. The van der Waals surface area contributed by atoms with Crippen LogP contribution < -0.4 is 4.90 Å². The van der Waals surface area contributed by atoms with E-state index < -0.39 is 5.97 Å². The van der Waals surface area contributed by atoms with E-state index in [2.05, 4.69) is 9.97 Å². The highest BCUT2D eigenvalue weighted by atomic mass is 16.4. The van der Waals surface area contributed by atoms with Gasteiger partial charge >= 0.3 is 5.97 Å². The zero-order valence-electron chi connectivity index (χ0n) is 10.2. The van der Waals surface area contributed by atoms with Gasteiger partial charge in [-0.15, -0.1) is 0 Å². The molecule has 2 rings (SSSR count). The van der Waals surface area contributed by atoms with Crippen molar-refractivity contribution in [2.75, 3.05) is 18.0 Å². The van der Waals surface area contributed by atoms with E-state index in [0.717, 1.165) is 17.3 Å². The Balaban J connectivity index is 2.46. The summed E-state index contributed by atoms with van der Waals surface area (Å²) in [7, 11) is 0. The normalized spacial score (nSPS) is 10.5. The minimum Gasteiger partial charge on any atom is -0.480 e. The fraction of sp³-hybridized carbons (Fsp3) is 0.308. The molecule has 0 aliphatic heterocycles. The third-order valence-electron chi connectivity index (χ3n) is 2.64. The van der Waals surface area contributed by atoms with Gasteiger partial charge in [0.15, 0.2) is 0 Å². The molecule has 0 amide bonds. The standard InChI is InChI=1S/C13H15N3O2/c1-2-7-16(8-12(17)18)13-10-5-3-4-6-11(10)14-9-15-13/h3-6,9H,2,7-8H2,1H3,(H,17,18). The molecule has 0 saturated heterocycles. The maximum absolute atomic E-state index is 10.9. The van der Waals surface area contributed by atoms with E-state index in [1.54, 1.807) is 4.90 Å². The van der Waals surface area contributed by atoms with Gasteiger partial charge in [-0.25, -0.2) is 9.97 Å². The minimum atomic E-state index is -0.855. The molecule has 0 fully saturated rings. The van der Waals surface area contributed by atoms with Crippen molar-refractivity contribution in [2.24, 2.45) is 0 Å². The molecule has 0 unspecified atom stereocenters. The summed E-state index contributed by atoms with van der Waals surface area (Å²) in [6, 6.07) is 7.61. The fourth-order valence-electron chi connectivity index (χ4n) is 1.94. The maximum atomic E-state index is 10.9. The Bertz CT molecular complexity index is 551. The molecule has 1 aromatic carbocycles. The SMILES string of the molecule is CCCN(CC(=O)O)c1ncnc2ccccc12. The Morgan fingerprint density at radius 2 is 2.11 bits per heavy atom. The molecule has 0 bridgehead atoms. The van der Waals surface area contributed by atoms with Gasteiger partial charge in [-0.05, 0) is 18.6 Å². The van der Waals surface area contributed by atoms with Gasteiger partial charge in [0.2, 0.25) is 0 Å². The number of nitrogens with zero attached hydrogens (tertiary/aromatic N) is 3. The van der Waals surface area contributed by atoms with Crippen LogP contribution in [0.2, 0.25) is 0 Å². The molecular formula is C13H15N3O2. The van der Waals surface area contributed by atoms with Gasteiger partial charge in [-0.3, -0.25) is 4.79 Å². The predicted molar refractivity (Wildman–Crippen MR) is 69.7 cm³/mol. The predicted octanol–water partition coefficient (Wildman–Crippen LogP) is 1.93. The van der Waals surface area contributed by atoms with Crippen LogP contribution in [-0.4, -0.2) is 34.1 Å². The first kappa shape index (κ1) is 12.3. The summed E-state index contributed by atoms with van der Waals surface area (Å²) in [6.07, 6.45) is 2.34. The second-order valence-corrected chi connectivity index (χ2v) is 4.03. The third kappa shape index (κ3) is 2.56. The molecule has 18 heavy (non-hydrogen) atoms. The first-order chi connectivity index (χ1) is 8.72. The van der Waals surface area contributed by atoms with Crippen LogP contribution in [0.15, 0.2) is 30.6 Å². The number of hydrogen-bond acceptors (Lipinski definition) is 4. The number of benzene rings is 1. The van der Waals surface area contributed by atoms with Gasteiger partial charge in [0.25, 0.3) is 0 Å². The maximum Gasteiger partial charge on any atom is 0.323 e. The second-order valence-electron chi connectivity index (χ2n) is 4.03. The topological polar surface area (TPSA) is 66.3 Å². The first-order valence-corrected chi connectivity index (χ1v) is 5.89. The largest absolute Gasteiger partial charge is 0.480 e.